The number of rotatable bonds is 8. The fourth-order valence-corrected chi connectivity index (χ4v) is 4.12. The number of nitrogens with two attached hydrogens (primary N) is 1. The molecule has 6 nitrogen and oxygen atoms in total. The summed E-state index contributed by atoms with van der Waals surface area (Å²) >= 11 is 0. The van der Waals surface area contributed by atoms with Gasteiger partial charge in [-0.25, -0.2) is 14.4 Å². The van der Waals surface area contributed by atoms with Gasteiger partial charge in [0.15, 0.2) is 0 Å². The zero-order chi connectivity index (χ0) is 19.2. The number of ether oxygens (including phenoxy) is 1. The van der Waals surface area contributed by atoms with E-state index in [0.29, 0.717) is 23.0 Å². The Morgan fingerprint density at radius 1 is 1.30 bits per heavy atom. The quantitative estimate of drug-likeness (QED) is 0.644. The van der Waals surface area contributed by atoms with Gasteiger partial charge in [0.2, 0.25) is 0 Å². The third-order valence-corrected chi connectivity index (χ3v) is 5.68. The molecule has 0 radical (unpaired) electrons. The lowest BCUT2D eigenvalue weighted by Crippen LogP contribution is -2.29. The van der Waals surface area contributed by atoms with E-state index in [1.807, 2.05) is 0 Å². The van der Waals surface area contributed by atoms with Crippen LogP contribution in [0.1, 0.15) is 56.3 Å². The Morgan fingerprint density at radius 2 is 2.07 bits per heavy atom. The monoisotopic (exact) mass is 378 g/mol. The second-order valence-electron chi connectivity index (χ2n) is 7.73. The summed E-state index contributed by atoms with van der Waals surface area (Å²) in [6.07, 6.45) is 9.07. The average Bonchev–Trinajstić information content (AvgIpc) is 3.06. The highest BCUT2D eigenvalue weighted by molar-refractivity contribution is 5.70. The van der Waals surface area contributed by atoms with Crippen LogP contribution in [0.15, 0.2) is 12.8 Å². The molecule has 27 heavy (non-hydrogen) atoms. The van der Waals surface area contributed by atoms with E-state index >= 15 is 0 Å². The molecule has 2 fully saturated rings. The summed E-state index contributed by atoms with van der Waals surface area (Å²) in [4.78, 5) is 9.18. The van der Waals surface area contributed by atoms with Crippen molar-refractivity contribution in [3.63, 3.8) is 0 Å². The summed E-state index contributed by atoms with van der Waals surface area (Å²) in [6, 6.07) is -0.00561. The molecular weight excluding hydrogens is 347 g/mol. The van der Waals surface area contributed by atoms with Crippen molar-refractivity contribution in [2.24, 2.45) is 11.7 Å². The Bertz CT molecular complexity index is 634. The Balaban J connectivity index is 1.62. The van der Waals surface area contributed by atoms with Crippen molar-refractivity contribution in [2.75, 3.05) is 18.6 Å². The largest absolute Gasteiger partial charge is 0.399 e. The molecule has 2 saturated carbocycles. The number of halogens is 1. The molecular formula is C20H31FN4O2. The lowest BCUT2D eigenvalue weighted by atomic mass is 9.85. The highest BCUT2D eigenvalue weighted by Crippen LogP contribution is 2.30. The van der Waals surface area contributed by atoms with Gasteiger partial charge in [0.1, 0.15) is 18.3 Å². The SMILES string of the molecule is C=C(N)c1cnc(CC2CCC(OCCF)CC2)nc1N[C@H]1CCC[C@@H]1O. The Labute approximate surface area is 160 Å². The highest BCUT2D eigenvalue weighted by atomic mass is 19.1. The van der Waals surface area contributed by atoms with Crippen molar-refractivity contribution in [3.05, 3.63) is 24.2 Å². The predicted molar refractivity (Wildman–Crippen MR) is 104 cm³/mol. The van der Waals surface area contributed by atoms with Crippen molar-refractivity contribution in [3.8, 4) is 0 Å². The number of hydrogen-bond acceptors (Lipinski definition) is 6. The number of aromatic nitrogens is 2. The minimum Gasteiger partial charge on any atom is -0.399 e. The number of nitrogens with zero attached hydrogens (tertiary/aromatic N) is 2. The van der Waals surface area contributed by atoms with Crippen LogP contribution in [0.2, 0.25) is 0 Å². The van der Waals surface area contributed by atoms with E-state index < -0.39 is 6.67 Å². The van der Waals surface area contributed by atoms with E-state index in [9.17, 15) is 9.50 Å². The smallest absolute Gasteiger partial charge is 0.139 e. The predicted octanol–water partition coefficient (Wildman–Crippen LogP) is 2.82. The topological polar surface area (TPSA) is 93.3 Å². The van der Waals surface area contributed by atoms with Crippen LogP contribution in [0.3, 0.4) is 0 Å². The molecule has 150 valence electrons. The molecule has 2 aliphatic rings. The normalized spacial score (nSPS) is 28.2. The zero-order valence-corrected chi connectivity index (χ0v) is 15.9. The number of aliphatic hydroxyl groups is 1. The van der Waals surface area contributed by atoms with Crippen LogP contribution < -0.4 is 11.1 Å². The van der Waals surface area contributed by atoms with E-state index in [-0.39, 0.29) is 24.9 Å². The van der Waals surface area contributed by atoms with E-state index in [4.69, 9.17) is 15.5 Å². The van der Waals surface area contributed by atoms with Crippen molar-refractivity contribution in [1.82, 2.24) is 9.97 Å². The molecule has 7 heteroatoms. The minimum atomic E-state index is -0.419. The number of aliphatic hydroxyl groups excluding tert-OH is 1. The Hall–Kier alpha value is -1.73. The maximum atomic E-state index is 12.2. The van der Waals surface area contributed by atoms with Gasteiger partial charge in [-0.1, -0.05) is 6.58 Å². The lowest BCUT2D eigenvalue weighted by Gasteiger charge is -2.28. The number of hydrogen-bond donors (Lipinski definition) is 3. The van der Waals surface area contributed by atoms with Gasteiger partial charge >= 0.3 is 0 Å². The van der Waals surface area contributed by atoms with E-state index in [0.717, 1.165) is 57.2 Å². The lowest BCUT2D eigenvalue weighted by molar-refractivity contribution is 0.0116. The molecule has 1 aromatic rings. The minimum absolute atomic E-state index is 0.00561. The summed E-state index contributed by atoms with van der Waals surface area (Å²) in [5, 5.41) is 13.5. The first-order valence-corrected chi connectivity index (χ1v) is 9.99. The number of alkyl halides is 1. The fourth-order valence-electron chi connectivity index (χ4n) is 4.12. The van der Waals surface area contributed by atoms with Crippen LogP contribution in [-0.2, 0) is 11.2 Å². The first kappa shape index (κ1) is 20.0. The maximum absolute atomic E-state index is 12.2. The summed E-state index contributed by atoms with van der Waals surface area (Å²) in [5.74, 6) is 1.95. The molecule has 2 atom stereocenters. The standard InChI is InChI=1S/C20H31FN4O2/c1-13(22)16-12-23-19(25-20(16)24-17-3-2-4-18(17)26)11-14-5-7-15(8-6-14)27-10-9-21/h12,14-15,17-18,26H,1-11,22H2,(H,23,24,25)/t14?,15?,17-,18-/m0/s1. The molecule has 0 spiro atoms. The average molecular weight is 378 g/mol. The molecule has 0 bridgehead atoms. The van der Waals surface area contributed by atoms with Gasteiger partial charge in [-0.3, -0.25) is 0 Å². The van der Waals surface area contributed by atoms with E-state index in [2.05, 4.69) is 16.9 Å². The fraction of sp³-hybridized carbons (Fsp3) is 0.700. The molecule has 1 heterocycles. The van der Waals surface area contributed by atoms with Crippen LogP contribution >= 0.6 is 0 Å². The summed E-state index contributed by atoms with van der Waals surface area (Å²) < 4.78 is 17.7. The van der Waals surface area contributed by atoms with Gasteiger partial charge in [0.05, 0.1) is 30.4 Å². The van der Waals surface area contributed by atoms with Gasteiger partial charge < -0.3 is 20.9 Å². The van der Waals surface area contributed by atoms with Gasteiger partial charge in [-0.15, -0.1) is 0 Å². The van der Waals surface area contributed by atoms with Crippen LogP contribution in [0.5, 0.6) is 0 Å². The van der Waals surface area contributed by atoms with Crippen LogP contribution in [0.4, 0.5) is 10.2 Å². The van der Waals surface area contributed by atoms with Crippen molar-refractivity contribution in [1.29, 1.82) is 0 Å². The first-order valence-electron chi connectivity index (χ1n) is 9.99. The summed E-state index contributed by atoms with van der Waals surface area (Å²) in [7, 11) is 0. The third-order valence-electron chi connectivity index (χ3n) is 5.68. The molecule has 0 amide bonds. The second kappa shape index (κ2) is 9.46. The summed E-state index contributed by atoms with van der Waals surface area (Å²) in [6.45, 7) is 3.59. The molecule has 2 aliphatic carbocycles. The van der Waals surface area contributed by atoms with Gasteiger partial charge in [-0.2, -0.15) is 0 Å². The molecule has 0 aromatic carbocycles. The summed E-state index contributed by atoms with van der Waals surface area (Å²) in [5.41, 5.74) is 7.01. The molecule has 3 rings (SSSR count). The van der Waals surface area contributed by atoms with E-state index in [1.54, 1.807) is 6.20 Å². The van der Waals surface area contributed by atoms with Gasteiger partial charge in [0.25, 0.3) is 0 Å². The Morgan fingerprint density at radius 3 is 2.70 bits per heavy atom. The third kappa shape index (κ3) is 5.39. The maximum Gasteiger partial charge on any atom is 0.139 e. The molecule has 0 saturated heterocycles. The van der Waals surface area contributed by atoms with Crippen molar-refractivity contribution in [2.45, 2.75) is 69.6 Å². The molecule has 0 aliphatic heterocycles. The highest BCUT2D eigenvalue weighted by Gasteiger charge is 2.27. The van der Waals surface area contributed by atoms with E-state index in [1.165, 1.54) is 0 Å². The van der Waals surface area contributed by atoms with Crippen LogP contribution in [0, 0.1) is 5.92 Å². The number of anilines is 1. The first-order chi connectivity index (χ1) is 13.1. The molecule has 1 aromatic heterocycles. The molecule has 4 N–H and O–H groups in total. The van der Waals surface area contributed by atoms with Gasteiger partial charge in [-0.05, 0) is 50.9 Å². The van der Waals surface area contributed by atoms with Crippen LogP contribution in [-0.4, -0.2) is 46.6 Å². The van der Waals surface area contributed by atoms with Crippen LogP contribution in [0.25, 0.3) is 5.70 Å². The van der Waals surface area contributed by atoms with Crippen molar-refractivity contribution >= 4 is 11.5 Å². The molecule has 0 unspecified atom stereocenters. The van der Waals surface area contributed by atoms with Gasteiger partial charge in [0, 0.05) is 18.3 Å². The Kier molecular flexibility index (Phi) is 7.01. The van der Waals surface area contributed by atoms with Crippen molar-refractivity contribution < 1.29 is 14.2 Å². The zero-order valence-electron chi connectivity index (χ0n) is 15.9. The number of nitrogens with one attached hydrogen (secondary N) is 1. The second-order valence-corrected chi connectivity index (χ2v) is 7.73.